The third-order valence-electron chi connectivity index (χ3n) is 1.95. The Hall–Kier alpha value is -1.66. The molecule has 1 amide bonds. The highest BCUT2D eigenvalue weighted by Crippen LogP contribution is 2.02. The lowest BCUT2D eigenvalue weighted by atomic mass is 10.2. The van der Waals surface area contributed by atoms with Gasteiger partial charge in [0.05, 0.1) is 6.54 Å². The molecule has 0 aromatic heterocycles. The minimum Gasteiger partial charge on any atom is -0.358 e. The monoisotopic (exact) mass is 254 g/mol. The van der Waals surface area contributed by atoms with Crippen molar-refractivity contribution in [2.45, 2.75) is 0 Å². The van der Waals surface area contributed by atoms with Crippen molar-refractivity contribution in [3.63, 3.8) is 0 Å². The maximum Gasteiger partial charge on any atom is 0.234 e. The van der Waals surface area contributed by atoms with E-state index in [2.05, 4.69) is 10.0 Å². The van der Waals surface area contributed by atoms with Gasteiger partial charge < -0.3 is 5.32 Å². The van der Waals surface area contributed by atoms with Crippen molar-refractivity contribution in [3.8, 4) is 0 Å². The van der Waals surface area contributed by atoms with E-state index in [1.807, 2.05) is 18.2 Å². The largest absolute Gasteiger partial charge is 0.358 e. The van der Waals surface area contributed by atoms with Gasteiger partial charge in [-0.15, -0.1) is 0 Å². The smallest absolute Gasteiger partial charge is 0.234 e. The van der Waals surface area contributed by atoms with Crippen LogP contribution in [0.3, 0.4) is 0 Å². The SMILES string of the molecule is CNC(=O)CNS(=O)(=O)/C=C/c1ccccc1. The fraction of sp³-hybridized carbons (Fsp3) is 0.182. The lowest BCUT2D eigenvalue weighted by molar-refractivity contribution is -0.119. The summed E-state index contributed by atoms with van der Waals surface area (Å²) in [5, 5.41) is 3.35. The van der Waals surface area contributed by atoms with E-state index in [4.69, 9.17) is 0 Å². The first kappa shape index (κ1) is 13.4. The van der Waals surface area contributed by atoms with Crippen LogP contribution >= 0.6 is 0 Å². The molecule has 0 aliphatic heterocycles. The number of nitrogens with one attached hydrogen (secondary N) is 2. The van der Waals surface area contributed by atoms with Crippen LogP contribution in [0.4, 0.5) is 0 Å². The van der Waals surface area contributed by atoms with Crippen molar-refractivity contribution in [2.75, 3.05) is 13.6 Å². The van der Waals surface area contributed by atoms with E-state index in [1.54, 1.807) is 12.1 Å². The van der Waals surface area contributed by atoms with Gasteiger partial charge in [0.2, 0.25) is 15.9 Å². The van der Waals surface area contributed by atoms with E-state index in [0.29, 0.717) is 0 Å². The van der Waals surface area contributed by atoms with Gasteiger partial charge in [-0.2, -0.15) is 0 Å². The number of amides is 1. The van der Waals surface area contributed by atoms with Crippen molar-refractivity contribution in [1.29, 1.82) is 0 Å². The molecule has 1 rings (SSSR count). The molecule has 6 heteroatoms. The quantitative estimate of drug-likeness (QED) is 0.794. The zero-order chi connectivity index (χ0) is 12.7. The number of carbonyl (C=O) groups excluding carboxylic acids is 1. The molecule has 0 bridgehead atoms. The number of hydrogen-bond acceptors (Lipinski definition) is 3. The zero-order valence-corrected chi connectivity index (χ0v) is 10.2. The number of likely N-dealkylation sites (N-methyl/N-ethyl adjacent to an activating group) is 1. The van der Waals surface area contributed by atoms with Crippen LogP contribution in [0.5, 0.6) is 0 Å². The van der Waals surface area contributed by atoms with Gasteiger partial charge in [0.25, 0.3) is 0 Å². The van der Waals surface area contributed by atoms with Gasteiger partial charge in [0.15, 0.2) is 0 Å². The Morgan fingerprint density at radius 1 is 1.29 bits per heavy atom. The molecule has 0 spiro atoms. The van der Waals surface area contributed by atoms with Crippen LogP contribution in [-0.4, -0.2) is 27.9 Å². The number of rotatable bonds is 5. The normalized spacial score (nSPS) is 11.6. The van der Waals surface area contributed by atoms with Crippen LogP contribution in [0.15, 0.2) is 35.7 Å². The van der Waals surface area contributed by atoms with Gasteiger partial charge in [0.1, 0.15) is 0 Å². The fourth-order valence-corrected chi connectivity index (χ4v) is 1.80. The van der Waals surface area contributed by atoms with Crippen molar-refractivity contribution in [1.82, 2.24) is 10.0 Å². The topological polar surface area (TPSA) is 75.3 Å². The van der Waals surface area contributed by atoms with Crippen molar-refractivity contribution in [2.24, 2.45) is 0 Å². The van der Waals surface area contributed by atoms with E-state index >= 15 is 0 Å². The molecule has 0 atom stereocenters. The third-order valence-corrected chi connectivity index (χ3v) is 2.99. The second kappa shape index (κ2) is 6.17. The molecule has 0 unspecified atom stereocenters. The predicted octanol–water partition coefficient (Wildman–Crippen LogP) is 0.323. The van der Waals surface area contributed by atoms with Crippen molar-refractivity contribution in [3.05, 3.63) is 41.3 Å². The van der Waals surface area contributed by atoms with Crippen LogP contribution in [-0.2, 0) is 14.8 Å². The first-order valence-electron chi connectivity index (χ1n) is 4.97. The minimum atomic E-state index is -3.58. The number of carbonyl (C=O) groups is 1. The Morgan fingerprint density at radius 2 is 1.94 bits per heavy atom. The van der Waals surface area contributed by atoms with E-state index < -0.39 is 10.0 Å². The summed E-state index contributed by atoms with van der Waals surface area (Å²) in [6.07, 6.45) is 1.46. The molecule has 0 saturated heterocycles. The van der Waals surface area contributed by atoms with Crippen LogP contribution < -0.4 is 10.0 Å². The maximum atomic E-state index is 11.4. The summed E-state index contributed by atoms with van der Waals surface area (Å²) in [6, 6.07) is 9.03. The Morgan fingerprint density at radius 3 is 2.53 bits per heavy atom. The molecule has 0 aliphatic rings. The Balaban J connectivity index is 2.61. The molecule has 92 valence electrons. The molecule has 2 N–H and O–H groups in total. The summed E-state index contributed by atoms with van der Waals surface area (Å²) in [6.45, 7) is -0.266. The summed E-state index contributed by atoms with van der Waals surface area (Å²) in [7, 11) is -2.14. The number of sulfonamides is 1. The zero-order valence-electron chi connectivity index (χ0n) is 9.38. The molecule has 0 radical (unpaired) electrons. The maximum absolute atomic E-state index is 11.4. The summed E-state index contributed by atoms with van der Waals surface area (Å²) in [5.41, 5.74) is 0.776. The summed E-state index contributed by atoms with van der Waals surface area (Å²) < 4.78 is 25.0. The first-order valence-corrected chi connectivity index (χ1v) is 6.51. The van der Waals surface area contributed by atoms with Gasteiger partial charge in [-0.05, 0) is 11.6 Å². The average Bonchev–Trinajstić information content (AvgIpc) is 2.35. The molecular weight excluding hydrogens is 240 g/mol. The van der Waals surface area contributed by atoms with Crippen LogP contribution in [0.25, 0.3) is 6.08 Å². The van der Waals surface area contributed by atoms with Crippen molar-refractivity contribution < 1.29 is 13.2 Å². The lowest BCUT2D eigenvalue weighted by Gasteiger charge is -2.01. The predicted molar refractivity (Wildman–Crippen MR) is 66.5 cm³/mol. The van der Waals surface area contributed by atoms with E-state index in [0.717, 1.165) is 11.0 Å². The standard InChI is InChI=1S/C11H14N2O3S/c1-12-11(14)9-13-17(15,16)8-7-10-5-3-2-4-6-10/h2-8,13H,9H2,1H3,(H,12,14)/b8-7+. The molecule has 0 aliphatic carbocycles. The van der Waals surface area contributed by atoms with Crippen LogP contribution in [0.2, 0.25) is 0 Å². The molecule has 0 saturated carbocycles. The molecule has 1 aromatic rings. The highest BCUT2D eigenvalue weighted by Gasteiger charge is 2.06. The van der Waals surface area contributed by atoms with Gasteiger partial charge in [-0.1, -0.05) is 30.3 Å². The lowest BCUT2D eigenvalue weighted by Crippen LogP contribution is -2.34. The van der Waals surface area contributed by atoms with Gasteiger partial charge in [0, 0.05) is 12.5 Å². The average molecular weight is 254 g/mol. The molecule has 1 aromatic carbocycles. The summed E-state index contributed by atoms with van der Waals surface area (Å²) in [5.74, 6) is -0.387. The Labute approximate surface area is 101 Å². The Kier molecular flexibility index (Phi) is 4.86. The summed E-state index contributed by atoms with van der Waals surface area (Å²) in [4.78, 5) is 10.9. The van der Waals surface area contributed by atoms with E-state index in [1.165, 1.54) is 13.1 Å². The third kappa shape index (κ3) is 5.28. The van der Waals surface area contributed by atoms with Gasteiger partial charge in [-0.3, -0.25) is 4.79 Å². The van der Waals surface area contributed by atoms with E-state index in [-0.39, 0.29) is 12.5 Å². The molecule has 0 heterocycles. The van der Waals surface area contributed by atoms with Crippen LogP contribution in [0, 0.1) is 0 Å². The second-order valence-corrected chi connectivity index (χ2v) is 4.90. The van der Waals surface area contributed by atoms with Crippen LogP contribution in [0.1, 0.15) is 5.56 Å². The fourth-order valence-electron chi connectivity index (χ4n) is 1.03. The second-order valence-electron chi connectivity index (χ2n) is 3.25. The van der Waals surface area contributed by atoms with Gasteiger partial charge >= 0.3 is 0 Å². The van der Waals surface area contributed by atoms with Crippen molar-refractivity contribution >= 4 is 22.0 Å². The Bertz CT molecular complexity index is 495. The highest BCUT2D eigenvalue weighted by molar-refractivity contribution is 7.92. The highest BCUT2D eigenvalue weighted by atomic mass is 32.2. The molecular formula is C11H14N2O3S. The summed E-state index contributed by atoms with van der Waals surface area (Å²) >= 11 is 0. The number of benzene rings is 1. The van der Waals surface area contributed by atoms with E-state index in [9.17, 15) is 13.2 Å². The van der Waals surface area contributed by atoms with Gasteiger partial charge in [-0.25, -0.2) is 13.1 Å². The molecule has 17 heavy (non-hydrogen) atoms. The molecule has 5 nitrogen and oxygen atoms in total. The minimum absolute atomic E-state index is 0.266. The first-order chi connectivity index (χ1) is 8.03. The molecule has 0 fully saturated rings. The number of hydrogen-bond donors (Lipinski definition) is 2.